The average molecular weight is 355 g/mol. The SMILES string of the molecule is CCNC(=O)C1CNCCN1c1ccc(C#N)c(Br)c1F. The summed E-state index contributed by atoms with van der Waals surface area (Å²) in [5, 5.41) is 14.8. The van der Waals surface area contributed by atoms with Crippen LogP contribution < -0.4 is 15.5 Å². The van der Waals surface area contributed by atoms with Crippen LogP contribution in [-0.2, 0) is 4.79 Å². The molecule has 112 valence electrons. The van der Waals surface area contributed by atoms with Crippen LogP contribution in [0.2, 0.25) is 0 Å². The summed E-state index contributed by atoms with van der Waals surface area (Å²) in [5.74, 6) is -0.644. The fraction of sp³-hybridized carbons (Fsp3) is 0.429. The third kappa shape index (κ3) is 3.17. The molecule has 0 saturated carbocycles. The van der Waals surface area contributed by atoms with Gasteiger partial charge in [0, 0.05) is 26.2 Å². The largest absolute Gasteiger partial charge is 0.355 e. The van der Waals surface area contributed by atoms with Gasteiger partial charge in [0.15, 0.2) is 5.82 Å². The van der Waals surface area contributed by atoms with Gasteiger partial charge in [0.2, 0.25) is 5.91 Å². The molecule has 0 aliphatic carbocycles. The zero-order valence-corrected chi connectivity index (χ0v) is 13.2. The lowest BCUT2D eigenvalue weighted by atomic mass is 10.1. The monoisotopic (exact) mass is 354 g/mol. The van der Waals surface area contributed by atoms with Crippen molar-refractivity contribution in [3.63, 3.8) is 0 Å². The lowest BCUT2D eigenvalue weighted by Gasteiger charge is -2.37. The summed E-state index contributed by atoms with van der Waals surface area (Å²) in [4.78, 5) is 13.9. The first-order chi connectivity index (χ1) is 10.1. The Balaban J connectivity index is 2.36. The second kappa shape index (κ2) is 6.87. The van der Waals surface area contributed by atoms with Crippen molar-refractivity contribution in [1.29, 1.82) is 5.26 Å². The number of anilines is 1. The highest BCUT2D eigenvalue weighted by Crippen LogP contribution is 2.30. The second-order valence-corrected chi connectivity index (χ2v) is 5.47. The zero-order chi connectivity index (χ0) is 15.4. The van der Waals surface area contributed by atoms with E-state index < -0.39 is 11.9 Å². The summed E-state index contributed by atoms with van der Waals surface area (Å²) in [6.07, 6.45) is 0. The van der Waals surface area contributed by atoms with Crippen molar-refractivity contribution in [2.75, 3.05) is 31.1 Å². The lowest BCUT2D eigenvalue weighted by molar-refractivity contribution is -0.122. The van der Waals surface area contributed by atoms with Gasteiger partial charge in [-0.3, -0.25) is 4.79 Å². The van der Waals surface area contributed by atoms with Crippen LogP contribution in [0.25, 0.3) is 0 Å². The fourth-order valence-electron chi connectivity index (χ4n) is 2.37. The standard InChI is InChI=1S/C14H16BrFN4O/c1-2-19-14(21)11-8-18-5-6-20(11)10-4-3-9(7-17)12(15)13(10)16/h3-4,11,18H,2,5-6,8H2,1H3,(H,19,21). The highest BCUT2D eigenvalue weighted by atomic mass is 79.9. The molecule has 1 amide bonds. The molecule has 0 aromatic heterocycles. The first-order valence-electron chi connectivity index (χ1n) is 6.73. The van der Waals surface area contributed by atoms with Gasteiger partial charge in [0.1, 0.15) is 12.1 Å². The number of halogens is 2. The molecule has 1 aliphatic heterocycles. The van der Waals surface area contributed by atoms with Gasteiger partial charge in [-0.2, -0.15) is 5.26 Å². The van der Waals surface area contributed by atoms with Gasteiger partial charge in [-0.05, 0) is 35.0 Å². The van der Waals surface area contributed by atoms with Gasteiger partial charge in [0.25, 0.3) is 0 Å². The number of hydrogen-bond donors (Lipinski definition) is 2. The van der Waals surface area contributed by atoms with E-state index in [9.17, 15) is 9.18 Å². The number of rotatable bonds is 3. The lowest BCUT2D eigenvalue weighted by Crippen LogP contribution is -2.58. The number of nitrogens with zero attached hydrogens (tertiary/aromatic N) is 2. The van der Waals surface area contributed by atoms with Crippen molar-refractivity contribution in [3.8, 4) is 6.07 Å². The third-order valence-electron chi connectivity index (χ3n) is 3.39. The summed E-state index contributed by atoms with van der Waals surface area (Å²) >= 11 is 3.11. The van der Waals surface area contributed by atoms with Crippen LogP contribution in [0, 0.1) is 17.1 Å². The predicted molar refractivity (Wildman–Crippen MR) is 81.5 cm³/mol. The van der Waals surface area contributed by atoms with Crippen molar-refractivity contribution < 1.29 is 9.18 Å². The Morgan fingerprint density at radius 1 is 1.67 bits per heavy atom. The Bertz CT molecular complexity index is 587. The highest BCUT2D eigenvalue weighted by Gasteiger charge is 2.30. The molecule has 1 unspecified atom stereocenters. The summed E-state index contributed by atoms with van der Waals surface area (Å²) < 4.78 is 14.6. The normalized spacial score (nSPS) is 18.2. The van der Waals surface area contributed by atoms with Crippen molar-refractivity contribution in [1.82, 2.24) is 10.6 Å². The Kier molecular flexibility index (Phi) is 5.15. The van der Waals surface area contributed by atoms with E-state index in [1.165, 1.54) is 0 Å². The molecule has 0 spiro atoms. The van der Waals surface area contributed by atoms with E-state index in [0.717, 1.165) is 0 Å². The Hall–Kier alpha value is -1.65. The fourth-order valence-corrected chi connectivity index (χ4v) is 2.79. The maximum atomic E-state index is 14.5. The molecule has 5 nitrogen and oxygen atoms in total. The Labute approximate surface area is 131 Å². The molecular formula is C14H16BrFN4O. The summed E-state index contributed by atoms with van der Waals surface area (Å²) in [7, 11) is 0. The molecule has 2 N–H and O–H groups in total. The van der Waals surface area contributed by atoms with Gasteiger partial charge in [-0.1, -0.05) is 0 Å². The molecular weight excluding hydrogens is 339 g/mol. The molecule has 1 heterocycles. The molecule has 1 aromatic carbocycles. The maximum Gasteiger partial charge on any atom is 0.244 e. The van der Waals surface area contributed by atoms with Crippen LogP contribution in [-0.4, -0.2) is 38.1 Å². The number of benzene rings is 1. The van der Waals surface area contributed by atoms with E-state index in [-0.39, 0.29) is 15.9 Å². The number of nitriles is 1. The first kappa shape index (κ1) is 15.7. The summed E-state index contributed by atoms with van der Waals surface area (Å²) in [6, 6.07) is 4.57. The minimum absolute atomic E-state index is 0.135. The van der Waals surface area contributed by atoms with E-state index in [4.69, 9.17) is 5.26 Å². The smallest absolute Gasteiger partial charge is 0.244 e. The predicted octanol–water partition coefficient (Wildman–Crippen LogP) is 1.37. The third-order valence-corrected chi connectivity index (χ3v) is 4.16. The molecule has 7 heteroatoms. The van der Waals surface area contributed by atoms with Crippen LogP contribution in [0.3, 0.4) is 0 Å². The van der Waals surface area contributed by atoms with E-state index in [1.807, 2.05) is 13.0 Å². The minimum Gasteiger partial charge on any atom is -0.355 e. The Morgan fingerprint density at radius 3 is 3.10 bits per heavy atom. The van der Waals surface area contributed by atoms with E-state index >= 15 is 0 Å². The molecule has 0 radical (unpaired) electrons. The van der Waals surface area contributed by atoms with Crippen LogP contribution in [0.5, 0.6) is 0 Å². The van der Waals surface area contributed by atoms with Crippen molar-refractivity contribution >= 4 is 27.5 Å². The van der Waals surface area contributed by atoms with Gasteiger partial charge >= 0.3 is 0 Å². The first-order valence-corrected chi connectivity index (χ1v) is 7.52. The maximum absolute atomic E-state index is 14.5. The van der Waals surface area contributed by atoms with Crippen molar-refractivity contribution in [3.05, 3.63) is 28.0 Å². The number of carbonyl (C=O) groups is 1. The molecule has 2 rings (SSSR count). The van der Waals surface area contributed by atoms with Crippen molar-refractivity contribution in [2.45, 2.75) is 13.0 Å². The molecule has 1 saturated heterocycles. The highest BCUT2D eigenvalue weighted by molar-refractivity contribution is 9.10. The van der Waals surface area contributed by atoms with Crippen LogP contribution in [0.4, 0.5) is 10.1 Å². The number of nitrogens with one attached hydrogen (secondary N) is 2. The molecule has 1 aliphatic rings. The average Bonchev–Trinajstić information content (AvgIpc) is 2.50. The van der Waals surface area contributed by atoms with E-state index in [0.29, 0.717) is 31.9 Å². The van der Waals surface area contributed by atoms with Crippen molar-refractivity contribution in [2.24, 2.45) is 0 Å². The zero-order valence-electron chi connectivity index (χ0n) is 11.6. The molecule has 1 atom stereocenters. The molecule has 1 aromatic rings. The summed E-state index contributed by atoms with van der Waals surface area (Å²) in [5.41, 5.74) is 0.569. The van der Waals surface area contributed by atoms with Gasteiger partial charge < -0.3 is 15.5 Å². The summed E-state index contributed by atoms with van der Waals surface area (Å²) in [6.45, 7) is 4.03. The number of piperazine rings is 1. The van der Waals surface area contributed by atoms with E-state index in [2.05, 4.69) is 26.6 Å². The van der Waals surface area contributed by atoms with Crippen LogP contribution >= 0.6 is 15.9 Å². The minimum atomic E-state index is -0.509. The van der Waals surface area contributed by atoms with Gasteiger partial charge in [-0.15, -0.1) is 0 Å². The van der Waals surface area contributed by atoms with E-state index in [1.54, 1.807) is 17.0 Å². The van der Waals surface area contributed by atoms with Gasteiger partial charge in [0.05, 0.1) is 15.7 Å². The van der Waals surface area contributed by atoms with Crippen LogP contribution in [0.15, 0.2) is 16.6 Å². The topological polar surface area (TPSA) is 68.2 Å². The van der Waals surface area contributed by atoms with Crippen LogP contribution in [0.1, 0.15) is 12.5 Å². The molecule has 0 bridgehead atoms. The number of likely N-dealkylation sites (N-methyl/N-ethyl adjacent to an activating group) is 1. The quantitative estimate of drug-likeness (QED) is 0.860. The molecule has 21 heavy (non-hydrogen) atoms. The number of carbonyl (C=O) groups excluding carboxylic acids is 1. The second-order valence-electron chi connectivity index (χ2n) is 4.68. The number of amides is 1. The molecule has 1 fully saturated rings. The van der Waals surface area contributed by atoms with Gasteiger partial charge in [-0.25, -0.2) is 4.39 Å². The number of hydrogen-bond acceptors (Lipinski definition) is 4. The Morgan fingerprint density at radius 2 is 2.43 bits per heavy atom.